The second-order valence-corrected chi connectivity index (χ2v) is 11.4. The van der Waals surface area contributed by atoms with Gasteiger partial charge in [0.15, 0.2) is 0 Å². The number of hydrogen-bond donors (Lipinski definition) is 1. The summed E-state index contributed by atoms with van der Waals surface area (Å²) < 4.78 is 0. The van der Waals surface area contributed by atoms with E-state index in [-0.39, 0.29) is 27.6 Å². The fraction of sp³-hybridized carbons (Fsp3) is 0.692. The molecule has 0 aromatic rings. The van der Waals surface area contributed by atoms with E-state index >= 15 is 0 Å². The highest BCUT2D eigenvalue weighted by Gasteiger charge is 2.66. The lowest BCUT2D eigenvalue weighted by molar-refractivity contribution is -0.161. The van der Waals surface area contributed by atoms with Crippen molar-refractivity contribution in [2.45, 2.75) is 80.1 Å². The van der Waals surface area contributed by atoms with Crippen LogP contribution in [0.25, 0.3) is 0 Å². The van der Waals surface area contributed by atoms with Crippen molar-refractivity contribution in [2.24, 2.45) is 33.5 Å². The van der Waals surface area contributed by atoms with Gasteiger partial charge < -0.3 is 5.11 Å². The van der Waals surface area contributed by atoms with E-state index in [4.69, 9.17) is 0 Å². The zero-order valence-corrected chi connectivity index (χ0v) is 18.9. The fourth-order valence-corrected chi connectivity index (χ4v) is 7.89. The lowest BCUT2D eigenvalue weighted by Gasteiger charge is -2.69. The molecule has 3 saturated carbocycles. The molecule has 0 amide bonds. The summed E-state index contributed by atoms with van der Waals surface area (Å²) in [4.78, 5) is 24.2. The van der Waals surface area contributed by atoms with Gasteiger partial charge >= 0.3 is 5.97 Å². The third-order valence-corrected chi connectivity index (χ3v) is 9.90. The summed E-state index contributed by atoms with van der Waals surface area (Å²) in [5, 5.41) is 9.52. The fourth-order valence-electron chi connectivity index (χ4n) is 7.89. The van der Waals surface area contributed by atoms with Crippen molar-refractivity contribution < 1.29 is 14.7 Å². The third kappa shape index (κ3) is 2.61. The maximum absolute atomic E-state index is 12.6. The maximum Gasteiger partial charge on any atom is 0.328 e. The van der Waals surface area contributed by atoms with Gasteiger partial charge in [-0.05, 0) is 72.3 Å². The van der Waals surface area contributed by atoms with Crippen molar-refractivity contribution in [3.63, 3.8) is 0 Å². The molecule has 0 unspecified atom stereocenters. The quantitative estimate of drug-likeness (QED) is 0.544. The molecular weight excluding hydrogens is 360 g/mol. The molecule has 1 N–H and O–H groups in total. The van der Waals surface area contributed by atoms with Crippen LogP contribution in [0.3, 0.4) is 0 Å². The Hall–Kier alpha value is -1.64. The van der Waals surface area contributed by atoms with E-state index in [1.165, 1.54) is 11.6 Å². The summed E-state index contributed by atoms with van der Waals surface area (Å²) in [5.41, 5.74) is 3.52. The number of Topliss-reactive ketones (excluding diaryl/α,β-unsaturated/α-hetero) is 1. The predicted molar refractivity (Wildman–Crippen MR) is 115 cm³/mol. The molecule has 3 fully saturated rings. The maximum atomic E-state index is 12.6. The summed E-state index contributed by atoms with van der Waals surface area (Å²) in [6, 6.07) is 0. The highest BCUT2D eigenvalue weighted by Crippen LogP contribution is 2.74. The molecule has 3 nitrogen and oxygen atoms in total. The largest absolute Gasteiger partial charge is 0.478 e. The van der Waals surface area contributed by atoms with E-state index < -0.39 is 5.97 Å². The summed E-state index contributed by atoms with van der Waals surface area (Å²) in [5.74, 6) is 0.277. The van der Waals surface area contributed by atoms with Crippen LogP contribution in [-0.4, -0.2) is 16.9 Å². The van der Waals surface area contributed by atoms with Crippen LogP contribution in [-0.2, 0) is 9.59 Å². The lowest BCUT2D eigenvalue weighted by Crippen LogP contribution is -2.61. The average molecular weight is 397 g/mol. The minimum atomic E-state index is -0.857. The first-order valence-corrected chi connectivity index (χ1v) is 11.3. The Morgan fingerprint density at radius 2 is 1.79 bits per heavy atom. The highest BCUT2D eigenvalue weighted by molar-refractivity contribution is 5.83. The Morgan fingerprint density at radius 3 is 2.45 bits per heavy atom. The van der Waals surface area contributed by atoms with Gasteiger partial charge in [0.25, 0.3) is 0 Å². The Kier molecular flexibility index (Phi) is 4.40. The molecule has 0 aromatic carbocycles. The zero-order chi connectivity index (χ0) is 21.4. The zero-order valence-electron chi connectivity index (χ0n) is 18.9. The molecule has 29 heavy (non-hydrogen) atoms. The van der Waals surface area contributed by atoms with Crippen LogP contribution in [0.4, 0.5) is 0 Å². The van der Waals surface area contributed by atoms with Crippen molar-refractivity contribution in [2.75, 3.05) is 0 Å². The summed E-state index contributed by atoms with van der Waals surface area (Å²) in [7, 11) is 0. The molecular formula is C26H36O3. The van der Waals surface area contributed by atoms with Crippen LogP contribution in [0.2, 0.25) is 0 Å². The van der Waals surface area contributed by atoms with E-state index in [9.17, 15) is 14.7 Å². The molecule has 0 bridgehead atoms. The number of carbonyl (C=O) groups is 2. The predicted octanol–water partition coefficient (Wildman–Crippen LogP) is 6.11. The molecule has 4 aliphatic rings. The van der Waals surface area contributed by atoms with Crippen LogP contribution in [0.1, 0.15) is 80.1 Å². The lowest BCUT2D eigenvalue weighted by atomic mass is 9.35. The van der Waals surface area contributed by atoms with Crippen molar-refractivity contribution in [3.05, 3.63) is 34.9 Å². The molecule has 158 valence electrons. The number of aliphatic carboxylic acids is 1. The normalized spacial score (nSPS) is 48.2. The van der Waals surface area contributed by atoms with E-state index in [1.807, 2.05) is 6.92 Å². The minimum absolute atomic E-state index is 0.0269. The standard InChI is InChI=1S/C26H36O3/c1-16-7-8-20-24(4,18(16)14-22(28)29)10-12-26(6)21-13-17(2)19(27)15-23(21,3)9-11-25(20,26)5/h7-8,14,17,21H,9-13,15H2,1-6H3,(H,28,29)/b18-14-/t17-,21-,23+,24+,25-,26+/m1/s1. The number of carboxylic acid groups (broad SMARTS) is 1. The first kappa shape index (κ1) is 20.6. The minimum Gasteiger partial charge on any atom is -0.478 e. The molecule has 4 rings (SSSR count). The Labute approximate surface area is 175 Å². The van der Waals surface area contributed by atoms with Gasteiger partial charge in [-0.2, -0.15) is 0 Å². The second-order valence-electron chi connectivity index (χ2n) is 11.4. The summed E-state index contributed by atoms with van der Waals surface area (Å²) in [6.07, 6.45) is 11.8. The molecule has 3 heteroatoms. The van der Waals surface area contributed by atoms with E-state index in [1.54, 1.807) is 0 Å². The number of carboxylic acids is 1. The van der Waals surface area contributed by atoms with Gasteiger partial charge in [0.2, 0.25) is 0 Å². The van der Waals surface area contributed by atoms with Crippen LogP contribution in [0, 0.1) is 33.5 Å². The van der Waals surface area contributed by atoms with E-state index in [0.29, 0.717) is 11.7 Å². The highest BCUT2D eigenvalue weighted by atomic mass is 16.4. The second kappa shape index (κ2) is 6.18. The van der Waals surface area contributed by atoms with Gasteiger partial charge in [-0.1, -0.05) is 52.3 Å². The number of carbonyl (C=O) groups excluding carboxylic acids is 1. The first-order chi connectivity index (χ1) is 13.4. The van der Waals surface area contributed by atoms with Gasteiger partial charge in [0.1, 0.15) is 5.78 Å². The summed E-state index contributed by atoms with van der Waals surface area (Å²) in [6.45, 7) is 13.7. The van der Waals surface area contributed by atoms with Gasteiger partial charge in [-0.3, -0.25) is 4.79 Å². The molecule has 0 radical (unpaired) electrons. The van der Waals surface area contributed by atoms with Crippen molar-refractivity contribution in [3.8, 4) is 0 Å². The molecule has 4 aliphatic carbocycles. The molecule has 0 spiro atoms. The molecule has 0 aromatic heterocycles. The molecule has 0 heterocycles. The number of ketones is 1. The smallest absolute Gasteiger partial charge is 0.328 e. The van der Waals surface area contributed by atoms with Crippen molar-refractivity contribution >= 4 is 11.8 Å². The molecule has 0 saturated heterocycles. The average Bonchev–Trinajstić information content (AvgIpc) is 2.62. The first-order valence-electron chi connectivity index (χ1n) is 11.3. The van der Waals surface area contributed by atoms with Gasteiger partial charge in [-0.25, -0.2) is 4.79 Å². The molecule has 6 atom stereocenters. The number of fused-ring (bicyclic) bond motifs is 5. The third-order valence-electron chi connectivity index (χ3n) is 9.90. The molecule has 0 aliphatic heterocycles. The monoisotopic (exact) mass is 396 g/mol. The SMILES string of the molecule is CC1=CC=C2[C@@](C)(CC[C@@]3(C)[C@@H]4C[C@@H](C)C(=O)C[C@]4(C)CC[C@]23C)/C1=C\C(=O)O. The van der Waals surface area contributed by atoms with Crippen molar-refractivity contribution in [1.82, 2.24) is 0 Å². The Balaban J connectivity index is 1.84. The van der Waals surface area contributed by atoms with E-state index in [0.717, 1.165) is 49.7 Å². The Morgan fingerprint density at radius 1 is 1.10 bits per heavy atom. The van der Waals surface area contributed by atoms with Crippen LogP contribution < -0.4 is 0 Å². The van der Waals surface area contributed by atoms with E-state index in [2.05, 4.69) is 46.8 Å². The van der Waals surface area contributed by atoms with Gasteiger partial charge in [0, 0.05) is 23.8 Å². The Bertz CT molecular complexity index is 876. The van der Waals surface area contributed by atoms with Gasteiger partial charge in [-0.15, -0.1) is 0 Å². The number of rotatable bonds is 1. The van der Waals surface area contributed by atoms with Crippen LogP contribution >= 0.6 is 0 Å². The van der Waals surface area contributed by atoms with Crippen LogP contribution in [0.15, 0.2) is 34.9 Å². The summed E-state index contributed by atoms with van der Waals surface area (Å²) >= 11 is 0. The topological polar surface area (TPSA) is 54.4 Å². The van der Waals surface area contributed by atoms with Crippen molar-refractivity contribution in [1.29, 1.82) is 0 Å². The number of hydrogen-bond acceptors (Lipinski definition) is 2. The number of allylic oxidation sites excluding steroid dienone is 5. The van der Waals surface area contributed by atoms with Crippen LogP contribution in [0.5, 0.6) is 0 Å². The van der Waals surface area contributed by atoms with Gasteiger partial charge in [0.05, 0.1) is 0 Å².